The molecule has 0 fully saturated rings. The summed E-state index contributed by atoms with van der Waals surface area (Å²) in [5.74, 6) is 0.0870. The summed E-state index contributed by atoms with van der Waals surface area (Å²) in [5.41, 5.74) is 0. The van der Waals surface area contributed by atoms with Crippen LogP contribution in [0.15, 0.2) is 0 Å². The first-order valence-corrected chi connectivity index (χ1v) is 5.26. The molecule has 0 saturated carbocycles. The van der Waals surface area contributed by atoms with Gasteiger partial charge in [0.05, 0.1) is 6.61 Å². The van der Waals surface area contributed by atoms with Crippen LogP contribution in [0.3, 0.4) is 0 Å². The summed E-state index contributed by atoms with van der Waals surface area (Å²) in [4.78, 5) is 10.9. The summed E-state index contributed by atoms with van der Waals surface area (Å²) >= 11 is 0. The minimum Gasteiger partial charge on any atom is -0.464 e. The van der Waals surface area contributed by atoms with E-state index in [1.54, 1.807) is 0 Å². The lowest BCUT2D eigenvalue weighted by Gasteiger charge is -2.11. The van der Waals surface area contributed by atoms with Crippen molar-refractivity contribution >= 4 is 14.6 Å². The van der Waals surface area contributed by atoms with Crippen molar-refractivity contribution in [2.24, 2.45) is 5.92 Å². The fourth-order valence-electron chi connectivity index (χ4n) is 0.883. The second-order valence-electron chi connectivity index (χ2n) is 2.79. The summed E-state index contributed by atoms with van der Waals surface area (Å²) in [6.07, 6.45) is 2.02. The first-order valence-electron chi connectivity index (χ1n) is 4.45. The molecule has 1 N–H and O–H groups in total. The van der Waals surface area contributed by atoms with Crippen LogP contribution in [0.4, 0.5) is 0 Å². The SMILES string of the molecule is CCC(CC)COC(=O)CNP=O. The van der Waals surface area contributed by atoms with E-state index in [0.717, 1.165) is 12.8 Å². The molecule has 0 atom stereocenters. The van der Waals surface area contributed by atoms with E-state index in [-0.39, 0.29) is 21.1 Å². The highest BCUT2D eigenvalue weighted by Crippen LogP contribution is 2.07. The smallest absolute Gasteiger partial charge is 0.320 e. The first kappa shape index (κ1) is 12.5. The highest BCUT2D eigenvalue weighted by molar-refractivity contribution is 7.21. The Morgan fingerprint density at radius 2 is 2.08 bits per heavy atom. The summed E-state index contributed by atoms with van der Waals surface area (Å²) < 4.78 is 14.9. The summed E-state index contributed by atoms with van der Waals surface area (Å²) in [5, 5.41) is 2.35. The second-order valence-corrected chi connectivity index (χ2v) is 3.29. The van der Waals surface area contributed by atoms with Crippen LogP contribution >= 0.6 is 8.61 Å². The number of carbonyl (C=O) groups excluding carboxylic acids is 1. The number of carbonyl (C=O) groups is 1. The summed E-state index contributed by atoms with van der Waals surface area (Å²) in [6.45, 7) is 4.60. The molecule has 0 saturated heterocycles. The van der Waals surface area contributed by atoms with E-state index in [1.807, 2.05) is 0 Å². The molecule has 0 radical (unpaired) electrons. The van der Waals surface area contributed by atoms with Gasteiger partial charge in [-0.3, -0.25) is 9.36 Å². The average Bonchev–Trinajstić information content (AvgIpc) is 2.16. The standard InChI is InChI=1S/C8H16NO3P/c1-3-7(4-2)6-12-8(10)5-9-13-11/h7H,3-6H2,1-2H3,(H,9,11). The van der Waals surface area contributed by atoms with Gasteiger partial charge in [0.2, 0.25) is 8.61 Å². The van der Waals surface area contributed by atoms with Gasteiger partial charge in [0.15, 0.2) is 0 Å². The first-order chi connectivity index (χ1) is 6.24. The van der Waals surface area contributed by atoms with Crippen LogP contribution < -0.4 is 5.09 Å². The summed E-state index contributed by atoms with van der Waals surface area (Å²) in [7, 11) is -0.238. The molecule has 13 heavy (non-hydrogen) atoms. The van der Waals surface area contributed by atoms with Crippen LogP contribution in [0.25, 0.3) is 0 Å². The third-order valence-electron chi connectivity index (χ3n) is 1.92. The maximum Gasteiger partial charge on any atom is 0.320 e. The molecule has 4 nitrogen and oxygen atoms in total. The van der Waals surface area contributed by atoms with Crippen LogP contribution in [0.1, 0.15) is 26.7 Å². The van der Waals surface area contributed by atoms with Crippen LogP contribution in [-0.4, -0.2) is 19.1 Å². The van der Waals surface area contributed by atoms with Crippen molar-refractivity contribution in [3.05, 3.63) is 0 Å². The van der Waals surface area contributed by atoms with Crippen molar-refractivity contribution in [2.45, 2.75) is 26.7 Å². The maximum absolute atomic E-state index is 10.9. The van der Waals surface area contributed by atoms with E-state index in [4.69, 9.17) is 4.74 Å². The van der Waals surface area contributed by atoms with Crippen molar-refractivity contribution < 1.29 is 14.1 Å². The predicted molar refractivity (Wildman–Crippen MR) is 50.6 cm³/mol. The molecule has 0 bridgehead atoms. The Kier molecular flexibility index (Phi) is 7.85. The van der Waals surface area contributed by atoms with Gasteiger partial charge in [-0.2, -0.15) is 0 Å². The van der Waals surface area contributed by atoms with Gasteiger partial charge >= 0.3 is 5.97 Å². The zero-order valence-electron chi connectivity index (χ0n) is 8.08. The maximum atomic E-state index is 10.9. The van der Waals surface area contributed by atoms with Gasteiger partial charge in [-0.15, -0.1) is 0 Å². The molecule has 0 aliphatic heterocycles. The normalized spacial score (nSPS) is 10.7. The Labute approximate surface area is 80.3 Å². The molecule has 0 aromatic heterocycles. The number of ether oxygens (including phenoxy) is 1. The van der Waals surface area contributed by atoms with Crippen molar-refractivity contribution in [3.8, 4) is 0 Å². The molecular formula is C8H16NO3P. The highest BCUT2D eigenvalue weighted by Gasteiger charge is 2.07. The van der Waals surface area contributed by atoms with Gasteiger partial charge in [-0.05, 0) is 5.92 Å². The predicted octanol–water partition coefficient (Wildman–Crippen LogP) is 1.76. The minimum absolute atomic E-state index is 0.00516. The number of hydrogen-bond donors (Lipinski definition) is 1. The van der Waals surface area contributed by atoms with Gasteiger partial charge < -0.3 is 4.74 Å². The molecule has 0 heterocycles. The lowest BCUT2D eigenvalue weighted by atomic mass is 10.1. The molecule has 0 spiro atoms. The highest BCUT2D eigenvalue weighted by atomic mass is 31.1. The van der Waals surface area contributed by atoms with Crippen LogP contribution in [0, 0.1) is 5.92 Å². The van der Waals surface area contributed by atoms with Crippen molar-refractivity contribution in [2.75, 3.05) is 13.2 Å². The molecule has 0 aromatic rings. The third kappa shape index (κ3) is 6.67. The molecule has 0 amide bonds. The van der Waals surface area contributed by atoms with E-state index in [2.05, 4.69) is 18.9 Å². The molecule has 0 unspecified atom stereocenters. The molecular weight excluding hydrogens is 189 g/mol. The summed E-state index contributed by atoms with van der Waals surface area (Å²) in [6, 6.07) is 0. The monoisotopic (exact) mass is 205 g/mol. The van der Waals surface area contributed by atoms with Gasteiger partial charge in [0.1, 0.15) is 6.54 Å². The van der Waals surface area contributed by atoms with E-state index >= 15 is 0 Å². The molecule has 0 aromatic carbocycles. The quantitative estimate of drug-likeness (QED) is 0.508. The third-order valence-corrected chi connectivity index (χ3v) is 2.21. The molecule has 0 aliphatic carbocycles. The number of rotatable bonds is 7. The Morgan fingerprint density at radius 1 is 1.46 bits per heavy atom. The van der Waals surface area contributed by atoms with Crippen LogP contribution in [0.2, 0.25) is 0 Å². The van der Waals surface area contributed by atoms with Crippen LogP contribution in [-0.2, 0) is 14.1 Å². The largest absolute Gasteiger partial charge is 0.464 e. The fraction of sp³-hybridized carbons (Fsp3) is 0.875. The molecule has 76 valence electrons. The molecule has 0 rings (SSSR count). The molecule has 0 aliphatic rings. The van der Waals surface area contributed by atoms with Gasteiger partial charge in [-0.25, -0.2) is 5.09 Å². The Bertz CT molecular complexity index is 159. The van der Waals surface area contributed by atoms with Crippen molar-refractivity contribution in [3.63, 3.8) is 0 Å². The molecule has 5 heteroatoms. The number of hydrogen-bond acceptors (Lipinski definition) is 3. The Morgan fingerprint density at radius 3 is 2.54 bits per heavy atom. The van der Waals surface area contributed by atoms with Gasteiger partial charge in [0, 0.05) is 0 Å². The zero-order valence-corrected chi connectivity index (χ0v) is 8.97. The fourth-order valence-corrected chi connectivity index (χ4v) is 1.08. The Hall–Kier alpha value is -0.470. The minimum atomic E-state index is -0.352. The Balaban J connectivity index is 3.49. The zero-order chi connectivity index (χ0) is 10.1. The van der Waals surface area contributed by atoms with Gasteiger partial charge in [-0.1, -0.05) is 26.7 Å². The number of esters is 1. The topological polar surface area (TPSA) is 55.4 Å². The van der Waals surface area contributed by atoms with Crippen LogP contribution in [0.5, 0.6) is 0 Å². The second kappa shape index (κ2) is 8.14. The number of nitrogens with one attached hydrogen (secondary N) is 1. The average molecular weight is 205 g/mol. The van der Waals surface area contributed by atoms with E-state index in [1.165, 1.54) is 0 Å². The van der Waals surface area contributed by atoms with Crippen molar-refractivity contribution in [1.82, 2.24) is 5.09 Å². The van der Waals surface area contributed by atoms with Crippen molar-refractivity contribution in [1.29, 1.82) is 0 Å². The van der Waals surface area contributed by atoms with E-state index in [9.17, 15) is 9.36 Å². The lowest BCUT2D eigenvalue weighted by molar-refractivity contribution is -0.143. The van der Waals surface area contributed by atoms with Gasteiger partial charge in [0.25, 0.3) is 0 Å². The lowest BCUT2D eigenvalue weighted by Crippen LogP contribution is -2.20. The van der Waals surface area contributed by atoms with E-state index < -0.39 is 0 Å². The van der Waals surface area contributed by atoms with E-state index in [0.29, 0.717) is 12.5 Å².